The molecular weight excluding hydrogens is 266 g/mol. The molecule has 1 aliphatic heterocycles. The molecule has 118 valence electrons. The highest BCUT2D eigenvalue weighted by Crippen LogP contribution is 2.32. The minimum absolute atomic E-state index is 0.0793. The molecule has 1 aromatic carbocycles. The Morgan fingerprint density at radius 2 is 1.95 bits per heavy atom. The van der Waals surface area contributed by atoms with Crippen LogP contribution in [0.1, 0.15) is 39.7 Å². The highest BCUT2D eigenvalue weighted by atomic mass is 16.7. The van der Waals surface area contributed by atoms with Gasteiger partial charge in [0.2, 0.25) is 6.79 Å². The maximum absolute atomic E-state index is 10.0. The van der Waals surface area contributed by atoms with Gasteiger partial charge in [-0.3, -0.25) is 0 Å². The molecule has 2 unspecified atom stereocenters. The zero-order valence-electron chi connectivity index (χ0n) is 13.5. The molecule has 0 aromatic heterocycles. The second-order valence-electron chi connectivity index (χ2n) is 6.92. The first-order chi connectivity index (χ1) is 9.86. The van der Waals surface area contributed by atoms with Crippen molar-refractivity contribution in [1.82, 2.24) is 5.32 Å². The summed E-state index contributed by atoms with van der Waals surface area (Å²) in [6, 6.07) is 6.48. The van der Waals surface area contributed by atoms with Crippen LogP contribution in [0.4, 0.5) is 0 Å². The number of hydrogen-bond donors (Lipinski definition) is 2. The van der Waals surface area contributed by atoms with E-state index in [0.717, 1.165) is 24.3 Å². The maximum atomic E-state index is 10.0. The lowest BCUT2D eigenvalue weighted by Gasteiger charge is -2.27. The summed E-state index contributed by atoms with van der Waals surface area (Å²) in [7, 11) is 0. The highest BCUT2D eigenvalue weighted by molar-refractivity contribution is 5.44. The molecule has 2 atom stereocenters. The van der Waals surface area contributed by atoms with Crippen molar-refractivity contribution in [2.24, 2.45) is 5.41 Å². The molecule has 0 saturated heterocycles. The van der Waals surface area contributed by atoms with Gasteiger partial charge in [-0.1, -0.05) is 26.8 Å². The summed E-state index contributed by atoms with van der Waals surface area (Å²) in [6.45, 7) is 9.26. The molecule has 4 heteroatoms. The van der Waals surface area contributed by atoms with Gasteiger partial charge in [-0.05, 0) is 42.9 Å². The number of fused-ring (bicyclic) bond motifs is 1. The molecule has 0 aliphatic carbocycles. The van der Waals surface area contributed by atoms with Gasteiger partial charge in [-0.2, -0.15) is 0 Å². The van der Waals surface area contributed by atoms with Gasteiger partial charge < -0.3 is 19.9 Å². The van der Waals surface area contributed by atoms with E-state index in [0.29, 0.717) is 19.4 Å². The van der Waals surface area contributed by atoms with E-state index in [2.05, 4.69) is 45.1 Å². The third-order valence-corrected chi connectivity index (χ3v) is 3.96. The Bertz CT molecular complexity index is 468. The van der Waals surface area contributed by atoms with Crippen LogP contribution in [0, 0.1) is 5.41 Å². The average Bonchev–Trinajstić information content (AvgIpc) is 2.88. The summed E-state index contributed by atoms with van der Waals surface area (Å²) in [6.07, 6.45) is 1.68. The Morgan fingerprint density at radius 3 is 2.67 bits per heavy atom. The fourth-order valence-electron chi connectivity index (χ4n) is 2.20. The van der Waals surface area contributed by atoms with Gasteiger partial charge in [0.05, 0.1) is 6.10 Å². The zero-order chi connectivity index (χ0) is 15.5. The van der Waals surface area contributed by atoms with Crippen LogP contribution in [-0.4, -0.2) is 30.6 Å². The van der Waals surface area contributed by atoms with Crippen molar-refractivity contribution < 1.29 is 14.6 Å². The lowest BCUT2D eigenvalue weighted by Crippen LogP contribution is -2.40. The largest absolute Gasteiger partial charge is 0.454 e. The number of hydrogen-bond acceptors (Lipinski definition) is 4. The van der Waals surface area contributed by atoms with E-state index >= 15 is 0 Å². The van der Waals surface area contributed by atoms with Gasteiger partial charge in [0.1, 0.15) is 0 Å². The summed E-state index contributed by atoms with van der Waals surface area (Å²) in [4.78, 5) is 0. The topological polar surface area (TPSA) is 50.7 Å². The van der Waals surface area contributed by atoms with E-state index in [1.54, 1.807) is 0 Å². The van der Waals surface area contributed by atoms with E-state index in [1.807, 2.05) is 6.07 Å². The van der Waals surface area contributed by atoms with E-state index in [9.17, 15) is 5.11 Å². The third kappa shape index (κ3) is 4.61. The van der Waals surface area contributed by atoms with Crippen LogP contribution in [0.2, 0.25) is 0 Å². The third-order valence-electron chi connectivity index (χ3n) is 3.96. The van der Waals surface area contributed by atoms with Gasteiger partial charge in [0, 0.05) is 12.6 Å². The van der Waals surface area contributed by atoms with Crippen molar-refractivity contribution in [2.45, 2.75) is 52.7 Å². The van der Waals surface area contributed by atoms with Crippen molar-refractivity contribution >= 4 is 0 Å². The molecule has 1 aromatic rings. The predicted octanol–water partition coefficient (Wildman–Crippen LogP) is 2.73. The van der Waals surface area contributed by atoms with Crippen LogP contribution >= 0.6 is 0 Å². The zero-order valence-corrected chi connectivity index (χ0v) is 13.5. The Hall–Kier alpha value is -1.26. The Kier molecular flexibility index (Phi) is 5.12. The van der Waals surface area contributed by atoms with Gasteiger partial charge in [0.15, 0.2) is 11.5 Å². The van der Waals surface area contributed by atoms with Crippen LogP contribution in [0.15, 0.2) is 18.2 Å². The first-order valence-corrected chi connectivity index (χ1v) is 7.66. The summed E-state index contributed by atoms with van der Waals surface area (Å²) >= 11 is 0. The van der Waals surface area contributed by atoms with Gasteiger partial charge in [-0.25, -0.2) is 0 Å². The average molecular weight is 293 g/mol. The first-order valence-electron chi connectivity index (χ1n) is 7.66. The molecule has 1 heterocycles. The number of aryl methyl sites for hydroxylation is 1. The van der Waals surface area contributed by atoms with E-state index in [1.165, 1.54) is 5.56 Å². The van der Waals surface area contributed by atoms with Crippen molar-refractivity contribution in [1.29, 1.82) is 0 Å². The van der Waals surface area contributed by atoms with Crippen LogP contribution in [0.3, 0.4) is 0 Å². The quantitative estimate of drug-likeness (QED) is 0.847. The summed E-state index contributed by atoms with van der Waals surface area (Å²) in [5, 5.41) is 13.4. The van der Waals surface area contributed by atoms with E-state index in [4.69, 9.17) is 9.47 Å². The van der Waals surface area contributed by atoms with Gasteiger partial charge in [0.25, 0.3) is 0 Å². The summed E-state index contributed by atoms with van der Waals surface area (Å²) < 4.78 is 10.7. The van der Waals surface area contributed by atoms with Gasteiger partial charge >= 0.3 is 0 Å². The molecular formula is C17H27NO3. The second-order valence-corrected chi connectivity index (χ2v) is 6.92. The van der Waals surface area contributed by atoms with Crippen LogP contribution in [-0.2, 0) is 6.42 Å². The molecule has 0 saturated carbocycles. The molecule has 1 aliphatic rings. The monoisotopic (exact) mass is 293 g/mol. The van der Waals surface area contributed by atoms with E-state index < -0.39 is 0 Å². The summed E-state index contributed by atoms with van der Waals surface area (Å²) in [5.41, 5.74) is 1.17. The molecule has 21 heavy (non-hydrogen) atoms. The molecule has 0 amide bonds. The molecule has 4 nitrogen and oxygen atoms in total. The van der Waals surface area contributed by atoms with Crippen molar-refractivity contribution in [3.05, 3.63) is 23.8 Å². The number of benzene rings is 1. The Morgan fingerprint density at radius 1 is 1.24 bits per heavy atom. The van der Waals surface area contributed by atoms with E-state index in [-0.39, 0.29) is 11.5 Å². The molecule has 2 rings (SSSR count). The number of ether oxygens (including phenoxy) is 2. The van der Waals surface area contributed by atoms with Crippen molar-refractivity contribution in [3.63, 3.8) is 0 Å². The molecule has 0 radical (unpaired) electrons. The SMILES string of the molecule is CC(CCc1ccc2c(c1)OCO2)NCC(O)C(C)(C)C. The second kappa shape index (κ2) is 6.67. The summed E-state index contributed by atoms with van der Waals surface area (Å²) in [5.74, 6) is 1.68. The fraction of sp³-hybridized carbons (Fsp3) is 0.647. The minimum atomic E-state index is -0.328. The smallest absolute Gasteiger partial charge is 0.231 e. The number of aliphatic hydroxyl groups excluding tert-OH is 1. The standard InChI is InChI=1S/C17H27NO3/c1-12(18-10-16(19)17(2,3)4)5-6-13-7-8-14-15(9-13)21-11-20-14/h7-9,12,16,18-19H,5-6,10-11H2,1-4H3. The lowest BCUT2D eigenvalue weighted by molar-refractivity contribution is 0.0607. The molecule has 0 fully saturated rings. The van der Waals surface area contributed by atoms with Crippen molar-refractivity contribution in [3.8, 4) is 11.5 Å². The van der Waals surface area contributed by atoms with Crippen LogP contribution in [0.25, 0.3) is 0 Å². The Labute approximate surface area is 127 Å². The van der Waals surface area contributed by atoms with Crippen LogP contribution < -0.4 is 14.8 Å². The van der Waals surface area contributed by atoms with Crippen LogP contribution in [0.5, 0.6) is 11.5 Å². The van der Waals surface area contributed by atoms with Gasteiger partial charge in [-0.15, -0.1) is 0 Å². The fourth-order valence-corrected chi connectivity index (χ4v) is 2.20. The first kappa shape index (κ1) is 16.1. The Balaban J connectivity index is 1.75. The number of aliphatic hydroxyl groups is 1. The van der Waals surface area contributed by atoms with Crippen molar-refractivity contribution in [2.75, 3.05) is 13.3 Å². The number of nitrogens with one attached hydrogen (secondary N) is 1. The highest BCUT2D eigenvalue weighted by Gasteiger charge is 2.22. The predicted molar refractivity (Wildman–Crippen MR) is 83.8 cm³/mol. The molecule has 2 N–H and O–H groups in total. The maximum Gasteiger partial charge on any atom is 0.231 e. The number of rotatable bonds is 6. The normalized spacial score (nSPS) is 16.8. The lowest BCUT2D eigenvalue weighted by atomic mass is 9.89. The molecule has 0 spiro atoms. The molecule has 0 bridgehead atoms. The minimum Gasteiger partial charge on any atom is -0.454 e.